The molecule has 0 N–H and O–H groups in total. The Kier molecular flexibility index (Phi) is 5.88. The molecule has 2 aromatic heterocycles. The number of nitrogens with zero attached hydrogens (tertiary/aromatic N) is 1. The topological polar surface area (TPSA) is 26.0 Å². The Balaban J connectivity index is 1.56. The summed E-state index contributed by atoms with van der Waals surface area (Å²) >= 11 is 0. The van der Waals surface area contributed by atoms with E-state index in [1.165, 1.54) is 33.4 Å². The zero-order chi connectivity index (χ0) is 25.5. The SMILES string of the molecule is CC(C)c1cc(-c2ccccc2)cc(C(C)C)c1-c1ccnc(-c2cccc3c2oc2ccccc23)c1. The van der Waals surface area contributed by atoms with Crippen molar-refractivity contribution >= 4 is 21.9 Å². The summed E-state index contributed by atoms with van der Waals surface area (Å²) in [6, 6.07) is 34.4. The fraction of sp³-hybridized carbons (Fsp3) is 0.171. The number of benzene rings is 4. The molecule has 37 heavy (non-hydrogen) atoms. The predicted octanol–water partition coefficient (Wildman–Crippen LogP) is 10.2. The first-order chi connectivity index (χ1) is 18.0. The molecule has 0 bridgehead atoms. The molecular formula is C35H31NO. The van der Waals surface area contributed by atoms with Crippen LogP contribution in [0.15, 0.2) is 108 Å². The molecule has 0 aliphatic rings. The zero-order valence-electron chi connectivity index (χ0n) is 21.8. The molecule has 0 fully saturated rings. The number of hydrogen-bond donors (Lipinski definition) is 0. The first-order valence-electron chi connectivity index (χ1n) is 13.1. The molecule has 0 unspecified atom stereocenters. The van der Waals surface area contributed by atoms with Crippen molar-refractivity contribution in [1.82, 2.24) is 4.98 Å². The van der Waals surface area contributed by atoms with E-state index >= 15 is 0 Å². The molecule has 2 heterocycles. The van der Waals surface area contributed by atoms with Crippen LogP contribution in [0.2, 0.25) is 0 Å². The molecule has 6 aromatic rings. The van der Waals surface area contributed by atoms with E-state index in [0.29, 0.717) is 11.8 Å². The highest BCUT2D eigenvalue weighted by molar-refractivity contribution is 6.09. The van der Waals surface area contributed by atoms with Crippen molar-refractivity contribution in [2.45, 2.75) is 39.5 Å². The zero-order valence-corrected chi connectivity index (χ0v) is 21.8. The summed E-state index contributed by atoms with van der Waals surface area (Å²) in [5.74, 6) is 0.762. The summed E-state index contributed by atoms with van der Waals surface area (Å²) in [4.78, 5) is 4.81. The first-order valence-corrected chi connectivity index (χ1v) is 13.1. The first kappa shape index (κ1) is 23.2. The van der Waals surface area contributed by atoms with Gasteiger partial charge in [-0.2, -0.15) is 0 Å². The van der Waals surface area contributed by atoms with Crippen LogP contribution in [0, 0.1) is 0 Å². The Morgan fingerprint density at radius 2 is 1.27 bits per heavy atom. The Hall–Kier alpha value is -4.17. The van der Waals surface area contributed by atoms with Gasteiger partial charge in [-0.05, 0) is 69.5 Å². The lowest BCUT2D eigenvalue weighted by Crippen LogP contribution is -2.02. The third-order valence-electron chi connectivity index (χ3n) is 7.28. The fourth-order valence-corrected chi connectivity index (χ4v) is 5.41. The lowest BCUT2D eigenvalue weighted by Gasteiger charge is -2.22. The minimum Gasteiger partial charge on any atom is -0.455 e. The van der Waals surface area contributed by atoms with Gasteiger partial charge in [0.05, 0.1) is 5.69 Å². The number of pyridine rings is 1. The molecule has 0 aliphatic carbocycles. The molecule has 0 atom stereocenters. The third-order valence-corrected chi connectivity index (χ3v) is 7.28. The van der Waals surface area contributed by atoms with Gasteiger partial charge in [-0.25, -0.2) is 0 Å². The van der Waals surface area contributed by atoms with Gasteiger partial charge in [-0.1, -0.05) is 100 Å². The summed E-state index contributed by atoms with van der Waals surface area (Å²) in [5.41, 5.74) is 11.5. The Labute approximate surface area is 218 Å². The lowest BCUT2D eigenvalue weighted by atomic mass is 9.82. The van der Waals surface area contributed by atoms with E-state index in [4.69, 9.17) is 9.40 Å². The standard InChI is InChI=1S/C35H31NO/c1-22(2)30-19-26(24-11-6-5-7-12-24)20-31(23(3)4)34(30)25-17-18-36-32(21-25)29-15-10-14-28-27-13-8-9-16-33(27)37-35(28)29/h5-23H,1-4H3. The molecule has 4 aromatic carbocycles. The van der Waals surface area contributed by atoms with Crippen molar-refractivity contribution in [3.63, 3.8) is 0 Å². The van der Waals surface area contributed by atoms with E-state index in [9.17, 15) is 0 Å². The predicted molar refractivity (Wildman–Crippen MR) is 156 cm³/mol. The maximum absolute atomic E-state index is 6.33. The molecule has 0 spiro atoms. The van der Waals surface area contributed by atoms with Crippen molar-refractivity contribution in [2.24, 2.45) is 0 Å². The van der Waals surface area contributed by atoms with E-state index in [0.717, 1.165) is 33.2 Å². The minimum atomic E-state index is 0.381. The second kappa shape index (κ2) is 9.37. The van der Waals surface area contributed by atoms with E-state index in [-0.39, 0.29) is 0 Å². The van der Waals surface area contributed by atoms with Gasteiger partial charge in [0.2, 0.25) is 0 Å². The van der Waals surface area contributed by atoms with E-state index in [1.54, 1.807) is 0 Å². The largest absolute Gasteiger partial charge is 0.455 e. The normalized spacial score (nSPS) is 11.7. The molecular weight excluding hydrogens is 450 g/mol. The summed E-state index contributed by atoms with van der Waals surface area (Å²) in [6.07, 6.45) is 1.94. The minimum absolute atomic E-state index is 0.381. The fourth-order valence-electron chi connectivity index (χ4n) is 5.41. The van der Waals surface area contributed by atoms with Crippen LogP contribution < -0.4 is 0 Å². The number of fused-ring (bicyclic) bond motifs is 3. The van der Waals surface area contributed by atoms with Crippen LogP contribution in [0.5, 0.6) is 0 Å². The highest BCUT2D eigenvalue weighted by atomic mass is 16.3. The summed E-state index contributed by atoms with van der Waals surface area (Å²) in [7, 11) is 0. The molecule has 0 aliphatic heterocycles. The van der Waals surface area contributed by atoms with Gasteiger partial charge in [0.15, 0.2) is 0 Å². The van der Waals surface area contributed by atoms with Crippen LogP contribution in [0.1, 0.15) is 50.7 Å². The maximum atomic E-state index is 6.33. The Bertz CT molecular complexity index is 1690. The maximum Gasteiger partial charge on any atom is 0.144 e. The van der Waals surface area contributed by atoms with Crippen LogP contribution >= 0.6 is 0 Å². The van der Waals surface area contributed by atoms with E-state index in [1.807, 2.05) is 18.3 Å². The average Bonchev–Trinajstić information content (AvgIpc) is 3.32. The average molecular weight is 482 g/mol. The lowest BCUT2D eigenvalue weighted by molar-refractivity contribution is 0.670. The molecule has 2 heteroatoms. The van der Waals surface area contributed by atoms with Crippen LogP contribution in [0.25, 0.3) is 55.4 Å². The Morgan fingerprint density at radius 3 is 2.00 bits per heavy atom. The molecule has 0 saturated carbocycles. The number of aromatic nitrogens is 1. The molecule has 0 saturated heterocycles. The smallest absolute Gasteiger partial charge is 0.144 e. The molecule has 2 nitrogen and oxygen atoms in total. The van der Waals surface area contributed by atoms with Gasteiger partial charge < -0.3 is 4.42 Å². The van der Waals surface area contributed by atoms with Gasteiger partial charge in [-0.3, -0.25) is 4.98 Å². The number of furan rings is 1. The quantitative estimate of drug-likeness (QED) is 0.245. The van der Waals surface area contributed by atoms with Crippen LogP contribution in [0.3, 0.4) is 0 Å². The van der Waals surface area contributed by atoms with Crippen LogP contribution in [-0.2, 0) is 0 Å². The van der Waals surface area contributed by atoms with Gasteiger partial charge in [0.1, 0.15) is 11.2 Å². The van der Waals surface area contributed by atoms with Crippen LogP contribution in [-0.4, -0.2) is 4.98 Å². The summed E-state index contributed by atoms with van der Waals surface area (Å²) in [6.45, 7) is 9.15. The van der Waals surface area contributed by atoms with Crippen molar-refractivity contribution in [3.05, 3.63) is 114 Å². The van der Waals surface area contributed by atoms with E-state index < -0.39 is 0 Å². The van der Waals surface area contributed by atoms with Crippen molar-refractivity contribution in [3.8, 4) is 33.5 Å². The second-order valence-corrected chi connectivity index (χ2v) is 10.4. The highest BCUT2D eigenvalue weighted by Gasteiger charge is 2.20. The molecule has 0 radical (unpaired) electrons. The van der Waals surface area contributed by atoms with Gasteiger partial charge in [0, 0.05) is 22.5 Å². The monoisotopic (exact) mass is 481 g/mol. The summed E-state index contributed by atoms with van der Waals surface area (Å²) in [5, 5.41) is 2.26. The van der Waals surface area contributed by atoms with Gasteiger partial charge in [0.25, 0.3) is 0 Å². The van der Waals surface area contributed by atoms with E-state index in [2.05, 4.69) is 113 Å². The molecule has 6 rings (SSSR count). The number of para-hydroxylation sites is 2. The van der Waals surface area contributed by atoms with Gasteiger partial charge in [-0.15, -0.1) is 0 Å². The third kappa shape index (κ3) is 4.13. The van der Waals surface area contributed by atoms with Crippen molar-refractivity contribution in [2.75, 3.05) is 0 Å². The van der Waals surface area contributed by atoms with Crippen LogP contribution in [0.4, 0.5) is 0 Å². The van der Waals surface area contributed by atoms with Crippen molar-refractivity contribution < 1.29 is 4.42 Å². The highest BCUT2D eigenvalue weighted by Crippen LogP contribution is 2.41. The number of rotatable bonds is 5. The molecule has 0 amide bonds. The van der Waals surface area contributed by atoms with Gasteiger partial charge >= 0.3 is 0 Å². The van der Waals surface area contributed by atoms with Crippen molar-refractivity contribution in [1.29, 1.82) is 0 Å². The second-order valence-electron chi connectivity index (χ2n) is 10.4. The number of hydrogen-bond acceptors (Lipinski definition) is 2. The molecule has 182 valence electrons. The summed E-state index contributed by atoms with van der Waals surface area (Å²) < 4.78 is 6.33. The Morgan fingerprint density at radius 1 is 0.595 bits per heavy atom.